The van der Waals surface area contributed by atoms with Crippen LogP contribution in [0.5, 0.6) is 0 Å². The Labute approximate surface area is 388 Å². The summed E-state index contributed by atoms with van der Waals surface area (Å²) in [6.45, 7) is 1.61. The molecule has 5 heterocycles. The first-order chi connectivity index (χ1) is 31.1. The molecule has 65 heavy (non-hydrogen) atoms. The lowest BCUT2D eigenvalue weighted by Gasteiger charge is -2.22. The van der Waals surface area contributed by atoms with E-state index in [0.29, 0.717) is 45.9 Å². The largest absolute Gasteiger partial charge is 0.356 e. The summed E-state index contributed by atoms with van der Waals surface area (Å²) in [6, 6.07) is 10.2. The fraction of sp³-hybridized carbons (Fsp3) is 0.386. The van der Waals surface area contributed by atoms with Crippen molar-refractivity contribution in [3.05, 3.63) is 92.6 Å². The van der Waals surface area contributed by atoms with Crippen molar-refractivity contribution in [2.45, 2.75) is 57.4 Å². The Balaban J connectivity index is 0.894. The van der Waals surface area contributed by atoms with Crippen LogP contribution in [0.25, 0.3) is 0 Å². The minimum Gasteiger partial charge on any atom is -0.356 e. The number of aromatic nitrogens is 4. The monoisotopic (exact) mass is 974 g/mol. The van der Waals surface area contributed by atoms with Gasteiger partial charge < -0.3 is 60.8 Å². The molecule has 7 amide bonds. The van der Waals surface area contributed by atoms with Gasteiger partial charge in [-0.3, -0.25) is 33.6 Å². The molecule has 5 aromatic rings. The molecule has 0 aromatic carbocycles. The summed E-state index contributed by atoms with van der Waals surface area (Å²) < 4.78 is 7.07. The molecule has 5 aromatic heterocycles. The van der Waals surface area contributed by atoms with E-state index in [1.165, 1.54) is 61.6 Å². The SMILES string of the molecule is Cn1cc(NC(=O)c2cc(NC(=O)CCNC(=O)c3cc(NC(=O)c4cc(NC(=O)c5ccc(Br)s5)cn4C)cn3C)cn2C)cc1C(=O)NCCC(=O)NCCCNC1CCCCC1. The van der Waals surface area contributed by atoms with E-state index in [2.05, 4.69) is 58.5 Å². The van der Waals surface area contributed by atoms with Gasteiger partial charge in [-0.15, -0.1) is 11.3 Å². The molecule has 1 aliphatic rings. The summed E-state index contributed by atoms with van der Waals surface area (Å²) in [6.07, 6.45) is 13.6. The van der Waals surface area contributed by atoms with Gasteiger partial charge in [0.25, 0.3) is 29.5 Å². The lowest BCUT2D eigenvalue weighted by molar-refractivity contribution is -0.121. The van der Waals surface area contributed by atoms with E-state index in [4.69, 9.17) is 0 Å². The fourth-order valence-corrected chi connectivity index (χ4v) is 8.74. The molecule has 0 saturated heterocycles. The highest BCUT2D eigenvalue weighted by Crippen LogP contribution is 2.24. The molecule has 21 heteroatoms. The van der Waals surface area contributed by atoms with Crippen molar-refractivity contribution in [1.82, 2.24) is 39.5 Å². The highest BCUT2D eigenvalue weighted by Gasteiger charge is 2.20. The van der Waals surface area contributed by atoms with Crippen molar-refractivity contribution in [3.63, 3.8) is 0 Å². The number of nitrogens with one attached hydrogen (secondary N) is 8. The number of hydrogen-bond acceptors (Lipinski definition) is 9. The van der Waals surface area contributed by atoms with E-state index in [1.54, 1.807) is 89.4 Å². The van der Waals surface area contributed by atoms with Gasteiger partial charge >= 0.3 is 0 Å². The van der Waals surface area contributed by atoms with Gasteiger partial charge in [-0.25, -0.2) is 0 Å². The van der Waals surface area contributed by atoms with Crippen LogP contribution in [-0.4, -0.2) is 91.8 Å². The Morgan fingerprint density at radius 2 is 0.985 bits per heavy atom. The number of carbonyl (C=O) groups is 7. The van der Waals surface area contributed by atoms with Crippen molar-refractivity contribution in [2.75, 3.05) is 47.4 Å². The van der Waals surface area contributed by atoms with Gasteiger partial charge in [-0.05, 0) is 78.1 Å². The first-order valence-corrected chi connectivity index (χ1v) is 23.0. The number of anilines is 4. The normalized spacial score (nSPS) is 12.6. The van der Waals surface area contributed by atoms with Crippen molar-refractivity contribution in [1.29, 1.82) is 0 Å². The second-order valence-corrected chi connectivity index (χ2v) is 18.4. The number of thiophene rings is 1. The summed E-state index contributed by atoms with van der Waals surface area (Å²) in [5.41, 5.74) is 2.64. The number of nitrogens with zero attached hydrogens (tertiary/aromatic N) is 4. The molecule has 346 valence electrons. The highest BCUT2D eigenvalue weighted by molar-refractivity contribution is 9.11. The number of carbonyl (C=O) groups excluding carboxylic acids is 7. The fourth-order valence-electron chi connectivity index (χ4n) is 7.46. The van der Waals surface area contributed by atoms with E-state index in [-0.39, 0.29) is 60.7 Å². The van der Waals surface area contributed by atoms with Crippen LogP contribution in [0.4, 0.5) is 22.7 Å². The third kappa shape index (κ3) is 13.5. The van der Waals surface area contributed by atoms with Crippen molar-refractivity contribution < 1.29 is 33.6 Å². The molecule has 1 saturated carbocycles. The molecule has 1 aliphatic carbocycles. The average Bonchev–Trinajstić information content (AvgIpc) is 4.10. The maximum Gasteiger partial charge on any atom is 0.272 e. The predicted octanol–water partition coefficient (Wildman–Crippen LogP) is 4.93. The molecule has 1 fully saturated rings. The molecule has 0 unspecified atom stereocenters. The molecular formula is C44H55BrN12O7S. The van der Waals surface area contributed by atoms with Crippen molar-refractivity contribution in [3.8, 4) is 0 Å². The minimum absolute atomic E-state index is 0.00728. The number of rotatable bonds is 20. The molecule has 0 radical (unpaired) electrons. The van der Waals surface area contributed by atoms with E-state index in [9.17, 15) is 33.6 Å². The van der Waals surface area contributed by atoms with Crippen molar-refractivity contribution in [2.24, 2.45) is 28.2 Å². The molecule has 0 bridgehead atoms. The van der Waals surface area contributed by atoms with Crippen LogP contribution in [0.3, 0.4) is 0 Å². The average molecular weight is 976 g/mol. The van der Waals surface area contributed by atoms with Crippen molar-refractivity contribution >= 4 is 91.4 Å². The van der Waals surface area contributed by atoms with Crippen LogP contribution in [0.2, 0.25) is 0 Å². The number of amides is 7. The first kappa shape index (κ1) is 48.0. The van der Waals surface area contributed by atoms with Crippen LogP contribution in [-0.2, 0) is 37.8 Å². The van der Waals surface area contributed by atoms with Crippen LogP contribution in [0.1, 0.15) is 103 Å². The van der Waals surface area contributed by atoms with Crippen LogP contribution < -0.4 is 42.5 Å². The predicted molar refractivity (Wildman–Crippen MR) is 253 cm³/mol. The summed E-state index contributed by atoms with van der Waals surface area (Å²) >= 11 is 4.63. The molecule has 0 atom stereocenters. The Bertz CT molecular complexity index is 2540. The topological polar surface area (TPSA) is 235 Å². The number of halogens is 1. The van der Waals surface area contributed by atoms with Gasteiger partial charge in [0.15, 0.2) is 0 Å². The summed E-state index contributed by atoms with van der Waals surface area (Å²) in [5, 5.41) is 23.0. The highest BCUT2D eigenvalue weighted by atomic mass is 79.9. The minimum atomic E-state index is -0.470. The lowest BCUT2D eigenvalue weighted by Crippen LogP contribution is -2.35. The first-order valence-electron chi connectivity index (χ1n) is 21.3. The molecule has 0 aliphatic heterocycles. The third-order valence-electron chi connectivity index (χ3n) is 10.8. The number of hydrogen-bond donors (Lipinski definition) is 8. The van der Waals surface area contributed by atoms with Gasteiger partial charge in [-0.2, -0.15) is 0 Å². The molecule has 19 nitrogen and oxygen atoms in total. The zero-order valence-electron chi connectivity index (χ0n) is 36.8. The molecule has 0 spiro atoms. The van der Waals surface area contributed by atoms with Gasteiger partial charge in [-0.1, -0.05) is 19.3 Å². The van der Waals surface area contributed by atoms with E-state index in [1.807, 2.05) is 0 Å². The van der Waals surface area contributed by atoms with Gasteiger partial charge in [0.2, 0.25) is 11.8 Å². The van der Waals surface area contributed by atoms with Crippen LogP contribution in [0, 0.1) is 0 Å². The maximum absolute atomic E-state index is 13.2. The van der Waals surface area contributed by atoms with Gasteiger partial charge in [0, 0.05) is 91.5 Å². The zero-order valence-corrected chi connectivity index (χ0v) is 39.2. The standard InChI is InChI=1S/C44H55BrN12O7S/c1-54-24-29(20-32(54)40(60)48-17-13-38(58)47-16-8-15-46-27-9-6-5-7-10-27)51-42(62)34-19-28(23-56(34)3)50-39(59)14-18-49-41(61)33-21-30(25-55(33)2)52-43(63)35-22-31(26-57(35)4)53-44(64)36-11-12-37(45)65-36/h11-12,19-27,46H,5-10,13-18H2,1-4H3,(H,47,58)(H,48,60)(H,49,61)(H,50,59)(H,51,62)(H,52,63)(H,53,64). The van der Waals surface area contributed by atoms with Crippen LogP contribution in [0.15, 0.2) is 65.0 Å². The van der Waals surface area contributed by atoms with Gasteiger partial charge in [0.05, 0.1) is 31.4 Å². The van der Waals surface area contributed by atoms with E-state index >= 15 is 0 Å². The summed E-state index contributed by atoms with van der Waals surface area (Å²) in [4.78, 5) is 90.5. The summed E-state index contributed by atoms with van der Waals surface area (Å²) in [5.74, 6) is -2.60. The Hall–Kier alpha value is -6.45. The Kier molecular flexibility index (Phi) is 16.6. The number of aryl methyl sites for hydroxylation is 4. The van der Waals surface area contributed by atoms with Crippen LogP contribution >= 0.6 is 27.3 Å². The lowest BCUT2D eigenvalue weighted by atomic mass is 9.95. The zero-order chi connectivity index (χ0) is 46.6. The van der Waals surface area contributed by atoms with E-state index in [0.717, 1.165) is 16.8 Å². The summed E-state index contributed by atoms with van der Waals surface area (Å²) in [7, 11) is 6.65. The van der Waals surface area contributed by atoms with Gasteiger partial charge in [0.1, 0.15) is 22.8 Å². The molecular weight excluding hydrogens is 921 g/mol. The molecule has 8 N–H and O–H groups in total. The Morgan fingerprint density at radius 3 is 1.46 bits per heavy atom. The smallest absolute Gasteiger partial charge is 0.272 e. The molecule has 6 rings (SSSR count). The Morgan fingerprint density at radius 1 is 0.538 bits per heavy atom. The van der Waals surface area contributed by atoms with E-state index < -0.39 is 23.6 Å². The second-order valence-electron chi connectivity index (χ2n) is 15.9. The third-order valence-corrected chi connectivity index (χ3v) is 12.4. The maximum atomic E-state index is 13.2. The quantitative estimate of drug-likeness (QED) is 0.0497. The second kappa shape index (κ2) is 22.4.